The summed E-state index contributed by atoms with van der Waals surface area (Å²) >= 11 is 0. The molecule has 4 rings (SSSR count). The van der Waals surface area contributed by atoms with Crippen LogP contribution in [0.15, 0.2) is 71.1 Å². The highest BCUT2D eigenvalue weighted by atomic mass is 19.4. The van der Waals surface area contributed by atoms with Crippen LogP contribution in [0, 0.1) is 0 Å². The van der Waals surface area contributed by atoms with Crippen molar-refractivity contribution in [3.8, 4) is 11.3 Å². The maximum absolute atomic E-state index is 12.9. The summed E-state index contributed by atoms with van der Waals surface area (Å²) in [5, 5.41) is 0. The van der Waals surface area contributed by atoms with Gasteiger partial charge in [0.2, 0.25) is 5.76 Å². The van der Waals surface area contributed by atoms with Crippen LogP contribution in [0.25, 0.3) is 11.3 Å². The van der Waals surface area contributed by atoms with Crippen molar-refractivity contribution in [1.82, 2.24) is 4.90 Å². The van der Waals surface area contributed by atoms with Crippen molar-refractivity contribution < 1.29 is 31.9 Å². The van der Waals surface area contributed by atoms with Gasteiger partial charge in [-0.3, -0.25) is 4.79 Å². The van der Waals surface area contributed by atoms with Crippen molar-refractivity contribution in [3.05, 3.63) is 78.1 Å². The number of hydrogen-bond acceptors (Lipinski definition) is 5. The first-order valence-corrected chi connectivity index (χ1v) is 10.3. The summed E-state index contributed by atoms with van der Waals surface area (Å²) < 4.78 is 49.2. The Hall–Kier alpha value is -3.75. The molecular weight excluding hydrogens is 437 g/mol. The van der Waals surface area contributed by atoms with Gasteiger partial charge in [-0.25, -0.2) is 4.79 Å². The highest BCUT2D eigenvalue weighted by molar-refractivity contribution is 5.89. The van der Waals surface area contributed by atoms with Gasteiger partial charge in [0.25, 0.3) is 5.91 Å². The van der Waals surface area contributed by atoms with Gasteiger partial charge in [-0.15, -0.1) is 0 Å². The minimum absolute atomic E-state index is 0.0939. The van der Waals surface area contributed by atoms with E-state index < -0.39 is 24.3 Å². The second-order valence-corrected chi connectivity index (χ2v) is 7.52. The standard InChI is InChI=1S/C24H21F3N2O4/c25-24(26,27)18-6-4-5-17(15-18)20-9-10-21(33-20)23(31)32-16-22(30)29-13-11-28(12-14-29)19-7-2-1-3-8-19/h1-10,15H,11-14,16H2. The van der Waals surface area contributed by atoms with Crippen molar-refractivity contribution in [3.63, 3.8) is 0 Å². The molecule has 2 aromatic carbocycles. The predicted octanol–water partition coefficient (Wildman–Crippen LogP) is 4.47. The number of ether oxygens (including phenoxy) is 1. The van der Waals surface area contributed by atoms with Gasteiger partial charge in [-0.2, -0.15) is 13.2 Å². The van der Waals surface area contributed by atoms with E-state index in [4.69, 9.17) is 9.15 Å². The monoisotopic (exact) mass is 458 g/mol. The first-order valence-electron chi connectivity index (χ1n) is 10.3. The molecule has 1 amide bonds. The molecular formula is C24H21F3N2O4. The summed E-state index contributed by atoms with van der Waals surface area (Å²) in [4.78, 5) is 28.5. The summed E-state index contributed by atoms with van der Waals surface area (Å²) in [5.41, 5.74) is 0.445. The number of benzene rings is 2. The fraction of sp³-hybridized carbons (Fsp3) is 0.250. The molecule has 1 aliphatic heterocycles. The molecule has 0 N–H and O–H groups in total. The second-order valence-electron chi connectivity index (χ2n) is 7.52. The van der Waals surface area contributed by atoms with E-state index in [1.165, 1.54) is 24.3 Å². The number of anilines is 1. The highest BCUT2D eigenvalue weighted by Crippen LogP contribution is 2.32. The first kappa shape index (κ1) is 22.4. The number of carbonyl (C=O) groups excluding carboxylic acids is 2. The number of carbonyl (C=O) groups is 2. The van der Waals surface area contributed by atoms with Crippen LogP contribution in [0.2, 0.25) is 0 Å². The van der Waals surface area contributed by atoms with Crippen LogP contribution in [-0.4, -0.2) is 49.6 Å². The zero-order valence-electron chi connectivity index (χ0n) is 17.5. The molecule has 0 bridgehead atoms. The fourth-order valence-electron chi connectivity index (χ4n) is 3.59. The summed E-state index contributed by atoms with van der Waals surface area (Å²) in [6.45, 7) is 1.91. The quantitative estimate of drug-likeness (QED) is 0.528. The number of halogens is 3. The average Bonchev–Trinajstić information content (AvgIpc) is 3.33. The van der Waals surface area contributed by atoms with E-state index in [2.05, 4.69) is 4.90 Å². The predicted molar refractivity (Wildman–Crippen MR) is 115 cm³/mol. The zero-order valence-corrected chi connectivity index (χ0v) is 17.5. The van der Waals surface area contributed by atoms with Crippen molar-refractivity contribution in [2.45, 2.75) is 6.18 Å². The molecule has 33 heavy (non-hydrogen) atoms. The molecule has 0 unspecified atom stereocenters. The fourth-order valence-corrected chi connectivity index (χ4v) is 3.59. The Morgan fingerprint density at radius 3 is 2.33 bits per heavy atom. The molecule has 1 fully saturated rings. The van der Waals surface area contributed by atoms with Crippen LogP contribution < -0.4 is 4.90 Å². The number of piperazine rings is 1. The summed E-state index contributed by atoms with van der Waals surface area (Å²) in [7, 11) is 0. The van der Waals surface area contributed by atoms with E-state index in [0.29, 0.717) is 26.2 Å². The van der Waals surface area contributed by atoms with Gasteiger partial charge in [0.05, 0.1) is 5.56 Å². The molecule has 172 valence electrons. The number of rotatable bonds is 5. The molecule has 0 atom stereocenters. The summed E-state index contributed by atoms with van der Waals surface area (Å²) in [5.74, 6) is -1.27. The lowest BCUT2D eigenvalue weighted by Gasteiger charge is -2.36. The van der Waals surface area contributed by atoms with Crippen molar-refractivity contribution in [2.24, 2.45) is 0 Å². The molecule has 0 saturated carbocycles. The Balaban J connectivity index is 1.30. The van der Waals surface area contributed by atoms with E-state index in [-0.39, 0.29) is 23.0 Å². The Labute approximate surface area is 188 Å². The van der Waals surface area contributed by atoms with Gasteiger partial charge in [0.1, 0.15) is 5.76 Å². The smallest absolute Gasteiger partial charge is 0.416 e. The lowest BCUT2D eigenvalue weighted by atomic mass is 10.1. The number of furan rings is 1. The summed E-state index contributed by atoms with van der Waals surface area (Å²) in [6.07, 6.45) is -4.49. The highest BCUT2D eigenvalue weighted by Gasteiger charge is 2.31. The maximum atomic E-state index is 12.9. The van der Waals surface area contributed by atoms with E-state index >= 15 is 0 Å². The second kappa shape index (κ2) is 9.40. The van der Waals surface area contributed by atoms with E-state index in [1.807, 2.05) is 30.3 Å². The molecule has 3 aromatic rings. The Kier molecular flexibility index (Phi) is 6.39. The first-order chi connectivity index (χ1) is 15.8. The van der Waals surface area contributed by atoms with Gasteiger partial charge in [0.15, 0.2) is 6.61 Å². The average molecular weight is 458 g/mol. The van der Waals surface area contributed by atoms with Gasteiger partial charge >= 0.3 is 12.1 Å². The van der Waals surface area contributed by atoms with Crippen LogP contribution in [0.3, 0.4) is 0 Å². The molecule has 9 heteroatoms. The van der Waals surface area contributed by atoms with E-state index in [9.17, 15) is 22.8 Å². The molecule has 6 nitrogen and oxygen atoms in total. The van der Waals surface area contributed by atoms with Gasteiger partial charge in [0, 0.05) is 37.4 Å². The topological polar surface area (TPSA) is 63.0 Å². The van der Waals surface area contributed by atoms with Crippen LogP contribution in [0.5, 0.6) is 0 Å². The SMILES string of the molecule is O=C(OCC(=O)N1CCN(c2ccccc2)CC1)c1ccc(-c2cccc(C(F)(F)F)c2)o1. The number of esters is 1. The minimum Gasteiger partial charge on any atom is -0.450 e. The zero-order chi connectivity index (χ0) is 23.4. The molecule has 1 aliphatic rings. The Bertz CT molecular complexity index is 1120. The molecule has 0 radical (unpaired) electrons. The summed E-state index contributed by atoms with van der Waals surface area (Å²) in [6, 6.07) is 17.2. The molecule has 2 heterocycles. The number of nitrogens with zero attached hydrogens (tertiary/aromatic N) is 2. The van der Waals surface area contributed by atoms with E-state index in [1.54, 1.807) is 4.90 Å². The van der Waals surface area contributed by atoms with Crippen LogP contribution >= 0.6 is 0 Å². The minimum atomic E-state index is -4.49. The van der Waals surface area contributed by atoms with Crippen molar-refractivity contribution in [1.29, 1.82) is 0 Å². The number of hydrogen-bond donors (Lipinski definition) is 0. The molecule has 1 saturated heterocycles. The van der Waals surface area contributed by atoms with Crippen molar-refractivity contribution >= 4 is 17.6 Å². The Morgan fingerprint density at radius 2 is 1.64 bits per heavy atom. The van der Waals surface area contributed by atoms with Crippen molar-refractivity contribution in [2.75, 3.05) is 37.7 Å². The third-order valence-electron chi connectivity index (χ3n) is 5.36. The lowest BCUT2D eigenvalue weighted by Crippen LogP contribution is -2.49. The normalized spacial score (nSPS) is 14.3. The van der Waals surface area contributed by atoms with Crippen LogP contribution in [-0.2, 0) is 15.7 Å². The molecule has 0 aliphatic carbocycles. The number of para-hydroxylation sites is 1. The van der Waals surface area contributed by atoms with Crippen LogP contribution in [0.4, 0.5) is 18.9 Å². The lowest BCUT2D eigenvalue weighted by molar-refractivity contribution is -0.137. The van der Waals surface area contributed by atoms with Gasteiger partial charge < -0.3 is 19.0 Å². The Morgan fingerprint density at radius 1 is 0.909 bits per heavy atom. The maximum Gasteiger partial charge on any atom is 0.416 e. The molecule has 1 aromatic heterocycles. The third kappa shape index (κ3) is 5.36. The number of amides is 1. The van der Waals surface area contributed by atoms with Gasteiger partial charge in [-0.1, -0.05) is 30.3 Å². The van der Waals surface area contributed by atoms with Gasteiger partial charge in [-0.05, 0) is 36.4 Å². The molecule has 0 spiro atoms. The number of alkyl halides is 3. The van der Waals surface area contributed by atoms with E-state index in [0.717, 1.165) is 17.8 Å². The third-order valence-corrected chi connectivity index (χ3v) is 5.36. The largest absolute Gasteiger partial charge is 0.450 e. The van der Waals surface area contributed by atoms with Crippen LogP contribution in [0.1, 0.15) is 16.1 Å².